The zero-order valence-electron chi connectivity index (χ0n) is 14.3. The summed E-state index contributed by atoms with van der Waals surface area (Å²) in [5.74, 6) is -0.0416. The molecule has 2 aliphatic rings. The van der Waals surface area contributed by atoms with Crippen molar-refractivity contribution in [1.82, 2.24) is 15.5 Å². The maximum absolute atomic E-state index is 12.6. The molecule has 0 aromatic heterocycles. The predicted molar refractivity (Wildman–Crippen MR) is 96.9 cm³/mol. The van der Waals surface area contributed by atoms with Crippen molar-refractivity contribution >= 4 is 33.7 Å². The molecule has 7 heteroatoms. The molecule has 3 atom stereocenters. The molecular formula is C18H22BrN3O3. The monoisotopic (exact) mass is 407 g/mol. The van der Waals surface area contributed by atoms with E-state index in [1.165, 1.54) is 0 Å². The van der Waals surface area contributed by atoms with Crippen molar-refractivity contribution in [2.24, 2.45) is 5.92 Å². The molecule has 2 fully saturated rings. The molecule has 1 aromatic carbocycles. The Morgan fingerprint density at radius 2 is 2.16 bits per heavy atom. The lowest BCUT2D eigenvalue weighted by Gasteiger charge is -2.35. The van der Waals surface area contributed by atoms with Gasteiger partial charge in [0.1, 0.15) is 12.1 Å². The summed E-state index contributed by atoms with van der Waals surface area (Å²) in [6, 6.07) is 5.97. The van der Waals surface area contributed by atoms with E-state index in [1.807, 2.05) is 19.9 Å². The highest BCUT2D eigenvalue weighted by atomic mass is 79.9. The van der Waals surface area contributed by atoms with Crippen LogP contribution in [-0.2, 0) is 9.59 Å². The van der Waals surface area contributed by atoms with Gasteiger partial charge in [0.25, 0.3) is 5.91 Å². The van der Waals surface area contributed by atoms with Gasteiger partial charge in [-0.15, -0.1) is 0 Å². The van der Waals surface area contributed by atoms with Gasteiger partial charge in [-0.2, -0.15) is 0 Å². The van der Waals surface area contributed by atoms with Crippen molar-refractivity contribution in [3.05, 3.63) is 34.3 Å². The normalized spacial score (nSPS) is 25.8. The van der Waals surface area contributed by atoms with E-state index in [2.05, 4.69) is 26.6 Å². The SMILES string of the molecule is CC(C)C[C@@H]1NC(=O)[C@@H]2C[C@H](NC(=O)c3cccc(Br)c3)CN2C1=O. The second-order valence-electron chi connectivity index (χ2n) is 7.11. The smallest absolute Gasteiger partial charge is 0.251 e. The van der Waals surface area contributed by atoms with Gasteiger partial charge in [0.15, 0.2) is 0 Å². The highest BCUT2D eigenvalue weighted by Gasteiger charge is 2.46. The van der Waals surface area contributed by atoms with Crippen molar-refractivity contribution < 1.29 is 14.4 Å². The zero-order chi connectivity index (χ0) is 18.1. The Morgan fingerprint density at radius 3 is 2.84 bits per heavy atom. The number of fused-ring (bicyclic) bond motifs is 1. The summed E-state index contributed by atoms with van der Waals surface area (Å²) in [4.78, 5) is 39.0. The number of piperazine rings is 1. The van der Waals surface area contributed by atoms with Crippen LogP contribution in [0.5, 0.6) is 0 Å². The number of nitrogens with one attached hydrogen (secondary N) is 2. The van der Waals surface area contributed by atoms with Crippen LogP contribution in [0.25, 0.3) is 0 Å². The summed E-state index contributed by atoms with van der Waals surface area (Å²) in [6.07, 6.45) is 1.08. The fourth-order valence-electron chi connectivity index (χ4n) is 3.49. The minimum Gasteiger partial charge on any atom is -0.347 e. The summed E-state index contributed by atoms with van der Waals surface area (Å²) in [5, 5.41) is 5.77. The van der Waals surface area contributed by atoms with Crippen LogP contribution in [0.3, 0.4) is 0 Å². The molecule has 0 radical (unpaired) electrons. The van der Waals surface area contributed by atoms with Crippen LogP contribution >= 0.6 is 15.9 Å². The fraction of sp³-hybridized carbons (Fsp3) is 0.500. The first-order chi connectivity index (χ1) is 11.8. The van der Waals surface area contributed by atoms with Gasteiger partial charge < -0.3 is 15.5 Å². The van der Waals surface area contributed by atoms with Crippen LogP contribution < -0.4 is 10.6 Å². The molecular weight excluding hydrogens is 386 g/mol. The molecule has 1 aromatic rings. The molecule has 2 N–H and O–H groups in total. The van der Waals surface area contributed by atoms with Crippen LogP contribution in [0.2, 0.25) is 0 Å². The average molecular weight is 408 g/mol. The molecule has 0 aliphatic carbocycles. The van der Waals surface area contributed by atoms with E-state index >= 15 is 0 Å². The lowest BCUT2D eigenvalue weighted by molar-refractivity contribution is -0.147. The third kappa shape index (κ3) is 3.86. The van der Waals surface area contributed by atoms with Gasteiger partial charge in [0, 0.05) is 22.6 Å². The minimum atomic E-state index is -0.483. The molecule has 2 aliphatic heterocycles. The summed E-state index contributed by atoms with van der Waals surface area (Å²) in [6.45, 7) is 4.43. The number of carbonyl (C=O) groups is 3. The van der Waals surface area contributed by atoms with E-state index in [1.54, 1.807) is 23.1 Å². The van der Waals surface area contributed by atoms with Crippen molar-refractivity contribution in [2.75, 3.05) is 6.54 Å². The van der Waals surface area contributed by atoms with Gasteiger partial charge >= 0.3 is 0 Å². The fourth-order valence-corrected chi connectivity index (χ4v) is 3.89. The maximum Gasteiger partial charge on any atom is 0.251 e. The van der Waals surface area contributed by atoms with Gasteiger partial charge in [-0.3, -0.25) is 14.4 Å². The highest BCUT2D eigenvalue weighted by molar-refractivity contribution is 9.10. The third-order valence-corrected chi connectivity index (χ3v) is 5.12. The number of amides is 3. The van der Waals surface area contributed by atoms with Crippen molar-refractivity contribution in [3.63, 3.8) is 0 Å². The van der Waals surface area contributed by atoms with Crippen LogP contribution in [0.4, 0.5) is 0 Å². The standard InChI is InChI=1S/C18H22BrN3O3/c1-10(2)6-14-18(25)22-9-13(8-15(22)17(24)21-14)20-16(23)11-4-3-5-12(19)7-11/h3-5,7,10,13-15H,6,8-9H2,1-2H3,(H,20,23)(H,21,24)/t13-,14-,15-/m0/s1. The van der Waals surface area contributed by atoms with E-state index < -0.39 is 12.1 Å². The number of rotatable bonds is 4. The van der Waals surface area contributed by atoms with E-state index in [-0.39, 0.29) is 23.8 Å². The maximum atomic E-state index is 12.6. The van der Waals surface area contributed by atoms with E-state index in [9.17, 15) is 14.4 Å². The zero-order valence-corrected chi connectivity index (χ0v) is 15.9. The summed E-state index contributed by atoms with van der Waals surface area (Å²) < 4.78 is 0.829. The molecule has 0 saturated carbocycles. The number of hydrogen-bond donors (Lipinski definition) is 2. The van der Waals surface area contributed by atoms with Gasteiger partial charge in [-0.1, -0.05) is 35.8 Å². The minimum absolute atomic E-state index is 0.0440. The Morgan fingerprint density at radius 1 is 1.40 bits per heavy atom. The number of hydrogen-bond acceptors (Lipinski definition) is 3. The Labute approximate surface area is 155 Å². The molecule has 0 unspecified atom stereocenters. The third-order valence-electron chi connectivity index (χ3n) is 4.63. The molecule has 0 spiro atoms. The van der Waals surface area contributed by atoms with E-state index in [4.69, 9.17) is 0 Å². The Hall–Kier alpha value is -1.89. The highest BCUT2D eigenvalue weighted by Crippen LogP contribution is 2.25. The van der Waals surface area contributed by atoms with Crippen LogP contribution in [-0.4, -0.2) is 47.3 Å². The van der Waals surface area contributed by atoms with Crippen molar-refractivity contribution in [1.29, 1.82) is 0 Å². The number of carbonyl (C=O) groups excluding carboxylic acids is 3. The number of halogens is 1. The van der Waals surface area contributed by atoms with E-state index in [0.717, 1.165) is 4.47 Å². The Balaban J connectivity index is 1.67. The van der Waals surface area contributed by atoms with Crippen LogP contribution in [0, 0.1) is 5.92 Å². The predicted octanol–water partition coefficient (Wildman–Crippen LogP) is 1.69. The molecule has 3 rings (SSSR count). The molecule has 2 saturated heterocycles. The number of benzene rings is 1. The summed E-state index contributed by atoms with van der Waals surface area (Å²) in [7, 11) is 0. The topological polar surface area (TPSA) is 78.5 Å². The van der Waals surface area contributed by atoms with Crippen molar-refractivity contribution in [2.45, 2.75) is 44.8 Å². The molecule has 134 valence electrons. The Bertz CT molecular complexity index is 707. The van der Waals surface area contributed by atoms with Gasteiger partial charge in [0.2, 0.25) is 11.8 Å². The second kappa shape index (κ2) is 7.15. The molecule has 3 amide bonds. The largest absolute Gasteiger partial charge is 0.347 e. The second-order valence-corrected chi connectivity index (χ2v) is 8.03. The number of nitrogens with zero attached hydrogens (tertiary/aromatic N) is 1. The summed E-state index contributed by atoms with van der Waals surface area (Å²) >= 11 is 3.35. The quantitative estimate of drug-likeness (QED) is 0.796. The molecule has 0 bridgehead atoms. The average Bonchev–Trinajstić information content (AvgIpc) is 2.96. The first kappa shape index (κ1) is 17.9. The summed E-state index contributed by atoms with van der Waals surface area (Å²) in [5.41, 5.74) is 0.549. The Kier molecular flexibility index (Phi) is 5.13. The van der Waals surface area contributed by atoms with Crippen LogP contribution in [0.15, 0.2) is 28.7 Å². The van der Waals surface area contributed by atoms with E-state index in [0.29, 0.717) is 30.9 Å². The first-order valence-electron chi connectivity index (χ1n) is 8.52. The van der Waals surface area contributed by atoms with Gasteiger partial charge in [0.05, 0.1) is 0 Å². The van der Waals surface area contributed by atoms with Crippen LogP contribution in [0.1, 0.15) is 37.0 Å². The molecule has 2 heterocycles. The first-order valence-corrected chi connectivity index (χ1v) is 9.31. The van der Waals surface area contributed by atoms with Gasteiger partial charge in [-0.05, 0) is 37.0 Å². The lowest BCUT2D eigenvalue weighted by atomic mass is 9.99. The lowest BCUT2D eigenvalue weighted by Crippen LogP contribution is -2.61. The molecule has 25 heavy (non-hydrogen) atoms. The van der Waals surface area contributed by atoms with Crippen molar-refractivity contribution in [3.8, 4) is 0 Å². The molecule has 6 nitrogen and oxygen atoms in total. The van der Waals surface area contributed by atoms with Gasteiger partial charge in [-0.25, -0.2) is 0 Å².